The van der Waals surface area contributed by atoms with Crippen LogP contribution in [-0.4, -0.2) is 65.9 Å². The van der Waals surface area contributed by atoms with Gasteiger partial charge in [0.2, 0.25) is 0 Å². The zero-order chi connectivity index (χ0) is 19.7. The lowest BCUT2D eigenvalue weighted by atomic mass is 9.98. The van der Waals surface area contributed by atoms with E-state index in [0.717, 1.165) is 0 Å². The zero-order valence-corrected chi connectivity index (χ0v) is 15.0. The molecule has 0 radical (unpaired) electrons. The van der Waals surface area contributed by atoms with E-state index in [1.807, 2.05) is 0 Å². The van der Waals surface area contributed by atoms with E-state index in [4.69, 9.17) is 21.9 Å². The number of Topliss-reactive ketones (excluding diaryl/α,β-unsaturated/α-hetero) is 1. The lowest BCUT2D eigenvalue weighted by Crippen LogP contribution is -2.37. The first kappa shape index (κ1) is 19.6. The molecule has 0 bridgehead atoms. The summed E-state index contributed by atoms with van der Waals surface area (Å²) in [6.45, 7) is 1.44. The van der Waals surface area contributed by atoms with Crippen molar-refractivity contribution in [3.63, 3.8) is 0 Å². The third kappa shape index (κ3) is 3.92. The van der Waals surface area contributed by atoms with Crippen LogP contribution in [0.2, 0.25) is 0 Å². The Morgan fingerprint density at radius 1 is 1.26 bits per heavy atom. The lowest BCUT2D eigenvalue weighted by Gasteiger charge is -2.20. The summed E-state index contributed by atoms with van der Waals surface area (Å²) in [6.07, 6.45) is 0.127. The number of aliphatic hydroxyl groups excluding tert-OH is 2. The van der Waals surface area contributed by atoms with Crippen LogP contribution < -0.4 is 17.2 Å². The summed E-state index contributed by atoms with van der Waals surface area (Å²) in [6, 6.07) is -0.884. The highest BCUT2D eigenvalue weighted by atomic mass is 16.6. The Hall–Kier alpha value is -2.18. The molecule has 8 N–H and O–H groups in total. The molecule has 0 aromatic carbocycles. The van der Waals surface area contributed by atoms with Gasteiger partial charge in [0.15, 0.2) is 17.7 Å². The lowest BCUT2D eigenvalue weighted by molar-refractivity contribution is -0.118. The van der Waals surface area contributed by atoms with Crippen LogP contribution in [0.5, 0.6) is 0 Å². The van der Waals surface area contributed by atoms with E-state index in [0.29, 0.717) is 30.4 Å². The molecule has 6 atom stereocenters. The standard InChI is InChI=1S/C16H25N7O4/c1-7(24)9(18)3-2-8(17)4-10-12(25)13(26)16(27-10)23-6-22-11-14(19)20-5-21-15(11)23/h5-6,8-10,12-13,16,25-26H,2-4,17-18H2,1H3,(H2,19,20,21)/t8-,9-,10+,12+,13+,16+/m0/s1. The van der Waals surface area contributed by atoms with Gasteiger partial charge in [-0.25, -0.2) is 15.0 Å². The number of hydrogen-bond donors (Lipinski definition) is 5. The van der Waals surface area contributed by atoms with Crippen molar-refractivity contribution >= 4 is 22.8 Å². The van der Waals surface area contributed by atoms with Gasteiger partial charge in [0.1, 0.15) is 29.8 Å². The molecule has 27 heavy (non-hydrogen) atoms. The minimum atomic E-state index is -1.18. The Kier molecular flexibility index (Phi) is 5.67. The number of nitrogen functional groups attached to an aromatic ring is 1. The van der Waals surface area contributed by atoms with Crippen molar-refractivity contribution in [2.24, 2.45) is 11.5 Å². The van der Waals surface area contributed by atoms with Crippen LogP contribution in [0.3, 0.4) is 0 Å². The maximum atomic E-state index is 11.2. The molecule has 1 aliphatic rings. The van der Waals surface area contributed by atoms with Gasteiger partial charge in [0, 0.05) is 6.04 Å². The smallest absolute Gasteiger partial charge is 0.167 e. The molecular weight excluding hydrogens is 354 g/mol. The number of nitrogens with zero attached hydrogens (tertiary/aromatic N) is 4. The Morgan fingerprint density at radius 2 is 2.00 bits per heavy atom. The monoisotopic (exact) mass is 379 g/mol. The number of fused-ring (bicyclic) bond motifs is 1. The second kappa shape index (κ2) is 7.82. The molecule has 0 unspecified atom stereocenters. The number of imidazole rings is 1. The van der Waals surface area contributed by atoms with E-state index in [1.165, 1.54) is 24.1 Å². The molecule has 1 saturated heterocycles. The van der Waals surface area contributed by atoms with E-state index < -0.39 is 30.6 Å². The van der Waals surface area contributed by atoms with Crippen molar-refractivity contribution in [1.29, 1.82) is 0 Å². The van der Waals surface area contributed by atoms with Crippen LogP contribution in [0.1, 0.15) is 32.4 Å². The number of nitrogens with two attached hydrogens (primary N) is 3. The fraction of sp³-hybridized carbons (Fsp3) is 0.625. The van der Waals surface area contributed by atoms with E-state index in [2.05, 4.69) is 15.0 Å². The Bertz CT molecular complexity index is 813. The van der Waals surface area contributed by atoms with Crippen molar-refractivity contribution < 1.29 is 19.7 Å². The quantitative estimate of drug-likeness (QED) is 0.376. The van der Waals surface area contributed by atoms with E-state index in [1.54, 1.807) is 0 Å². The topological polar surface area (TPSA) is 188 Å². The number of ketones is 1. The molecule has 0 saturated carbocycles. The van der Waals surface area contributed by atoms with Crippen LogP contribution >= 0.6 is 0 Å². The van der Waals surface area contributed by atoms with E-state index in [9.17, 15) is 15.0 Å². The number of carbonyl (C=O) groups is 1. The van der Waals surface area contributed by atoms with Gasteiger partial charge < -0.3 is 32.2 Å². The maximum Gasteiger partial charge on any atom is 0.167 e. The van der Waals surface area contributed by atoms with Crippen LogP contribution in [0.25, 0.3) is 11.2 Å². The van der Waals surface area contributed by atoms with E-state index >= 15 is 0 Å². The Labute approximate surface area is 155 Å². The molecular formula is C16H25N7O4. The molecule has 11 heteroatoms. The molecule has 1 fully saturated rings. The summed E-state index contributed by atoms with van der Waals surface area (Å²) < 4.78 is 7.36. The van der Waals surface area contributed by atoms with Crippen molar-refractivity contribution in [3.8, 4) is 0 Å². The van der Waals surface area contributed by atoms with Gasteiger partial charge in [-0.3, -0.25) is 9.36 Å². The second-order valence-electron chi connectivity index (χ2n) is 6.92. The first-order valence-corrected chi connectivity index (χ1v) is 8.75. The molecule has 11 nitrogen and oxygen atoms in total. The van der Waals surface area contributed by atoms with Gasteiger partial charge in [-0.2, -0.15) is 0 Å². The Morgan fingerprint density at radius 3 is 2.70 bits per heavy atom. The van der Waals surface area contributed by atoms with Gasteiger partial charge in [-0.05, 0) is 26.2 Å². The SMILES string of the molecule is CC(=O)[C@@H](N)CC[C@H](N)C[C@H]1O[C@@H](n2cnc3c(N)ncnc32)[C@H](O)[C@@H]1O. The fourth-order valence-corrected chi connectivity index (χ4v) is 3.22. The van der Waals surface area contributed by atoms with Gasteiger partial charge in [0.25, 0.3) is 0 Å². The first-order chi connectivity index (χ1) is 12.8. The molecule has 0 aliphatic carbocycles. The summed E-state index contributed by atoms with van der Waals surface area (Å²) in [5.41, 5.74) is 18.4. The normalized spacial score (nSPS) is 27.7. The number of hydrogen-bond acceptors (Lipinski definition) is 10. The average molecular weight is 379 g/mol. The van der Waals surface area contributed by atoms with Crippen molar-refractivity contribution in [3.05, 3.63) is 12.7 Å². The number of rotatable bonds is 7. The summed E-state index contributed by atoms with van der Waals surface area (Å²) in [4.78, 5) is 23.3. The zero-order valence-electron chi connectivity index (χ0n) is 15.0. The third-order valence-corrected chi connectivity index (χ3v) is 4.90. The molecule has 0 spiro atoms. The third-order valence-electron chi connectivity index (χ3n) is 4.90. The highest BCUT2D eigenvalue weighted by molar-refractivity contribution is 5.81. The highest BCUT2D eigenvalue weighted by Crippen LogP contribution is 2.33. The van der Waals surface area contributed by atoms with Gasteiger partial charge in [0.05, 0.1) is 18.5 Å². The minimum absolute atomic E-state index is 0.0944. The first-order valence-electron chi connectivity index (χ1n) is 8.75. The number of anilines is 1. The number of ether oxygens (including phenoxy) is 1. The largest absolute Gasteiger partial charge is 0.388 e. The van der Waals surface area contributed by atoms with Crippen molar-refractivity contribution in [2.75, 3.05) is 5.73 Å². The number of aliphatic hydroxyl groups is 2. The summed E-state index contributed by atoms with van der Waals surface area (Å²) in [5, 5.41) is 20.8. The molecule has 3 rings (SSSR count). The van der Waals surface area contributed by atoms with Crippen LogP contribution in [0.15, 0.2) is 12.7 Å². The summed E-state index contributed by atoms with van der Waals surface area (Å²) >= 11 is 0. The molecule has 2 aromatic rings. The molecule has 2 aromatic heterocycles. The number of aromatic nitrogens is 4. The highest BCUT2D eigenvalue weighted by Gasteiger charge is 2.44. The van der Waals surface area contributed by atoms with Crippen LogP contribution in [0, 0.1) is 0 Å². The summed E-state index contributed by atoms with van der Waals surface area (Å²) in [7, 11) is 0. The maximum absolute atomic E-state index is 11.2. The molecule has 1 aliphatic heterocycles. The summed E-state index contributed by atoms with van der Waals surface area (Å²) in [5.74, 6) is 0.121. The predicted octanol–water partition coefficient (Wildman–Crippen LogP) is -1.56. The number of carbonyl (C=O) groups excluding carboxylic acids is 1. The predicted molar refractivity (Wildman–Crippen MR) is 96.1 cm³/mol. The van der Waals surface area contributed by atoms with Gasteiger partial charge in [-0.1, -0.05) is 0 Å². The second-order valence-corrected chi connectivity index (χ2v) is 6.92. The fourth-order valence-electron chi connectivity index (χ4n) is 3.22. The molecule has 0 amide bonds. The van der Waals surface area contributed by atoms with Crippen molar-refractivity contribution in [2.45, 2.75) is 62.8 Å². The van der Waals surface area contributed by atoms with Crippen LogP contribution in [0.4, 0.5) is 5.82 Å². The van der Waals surface area contributed by atoms with Gasteiger partial charge in [-0.15, -0.1) is 0 Å². The average Bonchev–Trinajstić information content (AvgIpc) is 3.17. The van der Waals surface area contributed by atoms with Crippen LogP contribution in [-0.2, 0) is 9.53 Å². The van der Waals surface area contributed by atoms with E-state index in [-0.39, 0.29) is 17.6 Å². The molecule has 148 valence electrons. The Balaban J connectivity index is 1.68. The molecule has 3 heterocycles. The van der Waals surface area contributed by atoms with Crippen molar-refractivity contribution in [1.82, 2.24) is 19.5 Å². The van der Waals surface area contributed by atoms with Gasteiger partial charge >= 0.3 is 0 Å². The minimum Gasteiger partial charge on any atom is -0.388 e.